The topological polar surface area (TPSA) is 37.9 Å². The van der Waals surface area contributed by atoms with Gasteiger partial charge in [-0.15, -0.1) is 0 Å². The van der Waals surface area contributed by atoms with Crippen LogP contribution in [0.4, 0.5) is 8.78 Å². The zero-order valence-electron chi connectivity index (χ0n) is 7.42. The number of fused-ring (bicyclic) bond motifs is 1. The number of pyridine rings is 1. The molecule has 0 saturated carbocycles. The normalized spacial score (nSPS) is 11.1. The molecule has 0 aliphatic carbocycles. The molecule has 2 rings (SSSR count). The molecule has 2 aromatic heterocycles. The van der Waals surface area contributed by atoms with E-state index in [4.69, 9.17) is 0 Å². The van der Waals surface area contributed by atoms with Crippen LogP contribution >= 0.6 is 0 Å². The first-order chi connectivity index (χ1) is 6.68. The molecular formula is C9H8F2N2O. The van der Waals surface area contributed by atoms with Crippen LogP contribution in [0.3, 0.4) is 0 Å². The van der Waals surface area contributed by atoms with E-state index in [1.54, 1.807) is 12.3 Å². The number of aromatic nitrogens is 2. The van der Waals surface area contributed by atoms with Gasteiger partial charge in [0.25, 0.3) is 0 Å². The van der Waals surface area contributed by atoms with Crippen LogP contribution in [0.1, 0.15) is 5.56 Å². The highest BCUT2D eigenvalue weighted by Crippen LogP contribution is 2.25. The Bertz CT molecular complexity index is 453. The van der Waals surface area contributed by atoms with Gasteiger partial charge >= 0.3 is 6.61 Å². The van der Waals surface area contributed by atoms with Crippen LogP contribution in [0.25, 0.3) is 10.9 Å². The minimum absolute atomic E-state index is 0.0400. The van der Waals surface area contributed by atoms with Gasteiger partial charge in [-0.05, 0) is 18.6 Å². The third kappa shape index (κ3) is 1.41. The van der Waals surface area contributed by atoms with Crippen LogP contribution in [-0.4, -0.2) is 16.6 Å². The SMILES string of the molecule is Cc1cnc(OC(F)F)c2cc[nH]c12. The predicted octanol–water partition coefficient (Wildman–Crippen LogP) is 2.47. The van der Waals surface area contributed by atoms with Crippen LogP contribution in [0, 0.1) is 6.92 Å². The molecule has 0 saturated heterocycles. The van der Waals surface area contributed by atoms with Crippen molar-refractivity contribution in [2.24, 2.45) is 0 Å². The lowest BCUT2D eigenvalue weighted by atomic mass is 10.2. The average molecular weight is 198 g/mol. The third-order valence-corrected chi connectivity index (χ3v) is 1.95. The van der Waals surface area contributed by atoms with Crippen molar-refractivity contribution in [2.75, 3.05) is 0 Å². The van der Waals surface area contributed by atoms with Gasteiger partial charge in [-0.2, -0.15) is 8.78 Å². The summed E-state index contributed by atoms with van der Waals surface area (Å²) in [6, 6.07) is 1.66. The summed E-state index contributed by atoms with van der Waals surface area (Å²) in [4.78, 5) is 6.73. The standard InChI is InChI=1S/C9H8F2N2O/c1-5-4-13-8(14-9(10)11)6-2-3-12-7(5)6/h2-4,9,12H,1H3. The fraction of sp³-hybridized carbons (Fsp3) is 0.222. The minimum atomic E-state index is -2.84. The molecule has 3 nitrogen and oxygen atoms in total. The summed E-state index contributed by atoms with van der Waals surface area (Å²) >= 11 is 0. The smallest absolute Gasteiger partial charge is 0.388 e. The number of alkyl halides is 2. The molecule has 0 aliphatic heterocycles. The zero-order chi connectivity index (χ0) is 10.1. The largest absolute Gasteiger partial charge is 0.416 e. The Morgan fingerprint density at radius 1 is 1.50 bits per heavy atom. The van der Waals surface area contributed by atoms with Gasteiger partial charge in [-0.25, -0.2) is 4.98 Å². The van der Waals surface area contributed by atoms with Gasteiger partial charge in [-0.1, -0.05) is 0 Å². The molecule has 0 amide bonds. The molecule has 74 valence electrons. The number of rotatable bonds is 2. The molecule has 14 heavy (non-hydrogen) atoms. The maximum Gasteiger partial charge on any atom is 0.388 e. The molecule has 5 heteroatoms. The lowest BCUT2D eigenvalue weighted by Crippen LogP contribution is -2.03. The Kier molecular flexibility index (Phi) is 2.07. The molecule has 1 N–H and O–H groups in total. The molecule has 0 fully saturated rings. The fourth-order valence-corrected chi connectivity index (χ4v) is 1.34. The number of H-pyrrole nitrogens is 1. The summed E-state index contributed by atoms with van der Waals surface area (Å²) < 4.78 is 28.2. The van der Waals surface area contributed by atoms with Gasteiger partial charge in [0.15, 0.2) is 0 Å². The minimum Gasteiger partial charge on any atom is -0.416 e. The van der Waals surface area contributed by atoms with Crippen LogP contribution in [-0.2, 0) is 0 Å². The molecule has 0 atom stereocenters. The molecule has 0 radical (unpaired) electrons. The van der Waals surface area contributed by atoms with E-state index in [-0.39, 0.29) is 5.88 Å². The highest BCUT2D eigenvalue weighted by Gasteiger charge is 2.11. The predicted molar refractivity (Wildman–Crippen MR) is 47.5 cm³/mol. The number of ether oxygens (including phenoxy) is 1. The first kappa shape index (κ1) is 8.93. The quantitative estimate of drug-likeness (QED) is 0.804. The molecule has 0 unspecified atom stereocenters. The Morgan fingerprint density at radius 2 is 2.29 bits per heavy atom. The van der Waals surface area contributed by atoms with E-state index in [0.29, 0.717) is 5.39 Å². The van der Waals surface area contributed by atoms with Crippen molar-refractivity contribution in [2.45, 2.75) is 13.5 Å². The van der Waals surface area contributed by atoms with Gasteiger partial charge in [-0.3, -0.25) is 0 Å². The molecule has 0 bridgehead atoms. The Morgan fingerprint density at radius 3 is 3.00 bits per heavy atom. The second kappa shape index (κ2) is 3.25. The van der Waals surface area contributed by atoms with E-state index in [9.17, 15) is 8.78 Å². The lowest BCUT2D eigenvalue weighted by molar-refractivity contribution is -0.0517. The van der Waals surface area contributed by atoms with Crippen molar-refractivity contribution in [1.82, 2.24) is 9.97 Å². The Labute approximate surface area is 78.7 Å². The summed E-state index contributed by atoms with van der Waals surface area (Å²) in [7, 11) is 0. The molecule has 0 spiro atoms. The molecular weight excluding hydrogens is 190 g/mol. The highest BCUT2D eigenvalue weighted by molar-refractivity contribution is 5.86. The monoisotopic (exact) mass is 198 g/mol. The van der Waals surface area contributed by atoms with Crippen molar-refractivity contribution >= 4 is 10.9 Å². The molecule has 0 aliphatic rings. The summed E-state index contributed by atoms with van der Waals surface area (Å²) in [6.07, 6.45) is 3.16. The number of nitrogens with zero attached hydrogens (tertiary/aromatic N) is 1. The summed E-state index contributed by atoms with van der Waals surface area (Å²) in [5, 5.41) is 0.574. The second-order valence-corrected chi connectivity index (χ2v) is 2.89. The maximum atomic E-state index is 12.0. The highest BCUT2D eigenvalue weighted by atomic mass is 19.3. The van der Waals surface area contributed by atoms with E-state index in [1.165, 1.54) is 6.20 Å². The number of hydrogen-bond donors (Lipinski definition) is 1. The van der Waals surface area contributed by atoms with E-state index >= 15 is 0 Å². The van der Waals surface area contributed by atoms with Crippen LogP contribution < -0.4 is 4.74 Å². The molecule has 2 heterocycles. The van der Waals surface area contributed by atoms with Gasteiger partial charge in [0.05, 0.1) is 10.9 Å². The Hall–Kier alpha value is -1.65. The number of hydrogen-bond acceptors (Lipinski definition) is 2. The summed E-state index contributed by atoms with van der Waals surface area (Å²) in [5.41, 5.74) is 1.67. The molecule has 0 aromatic carbocycles. The van der Waals surface area contributed by atoms with Gasteiger partial charge < -0.3 is 9.72 Å². The zero-order valence-corrected chi connectivity index (χ0v) is 7.42. The van der Waals surface area contributed by atoms with Crippen molar-refractivity contribution in [3.63, 3.8) is 0 Å². The first-order valence-corrected chi connectivity index (χ1v) is 4.06. The van der Waals surface area contributed by atoms with Crippen molar-refractivity contribution in [1.29, 1.82) is 0 Å². The summed E-state index contributed by atoms with van der Waals surface area (Å²) in [5.74, 6) is -0.0400. The van der Waals surface area contributed by atoms with Gasteiger partial charge in [0, 0.05) is 12.4 Å². The maximum absolute atomic E-state index is 12.0. The number of nitrogens with one attached hydrogen (secondary N) is 1. The van der Waals surface area contributed by atoms with Crippen molar-refractivity contribution in [3.05, 3.63) is 24.0 Å². The van der Waals surface area contributed by atoms with Crippen molar-refractivity contribution in [3.8, 4) is 5.88 Å². The van der Waals surface area contributed by atoms with E-state index in [0.717, 1.165) is 11.1 Å². The van der Waals surface area contributed by atoms with Gasteiger partial charge in [0.2, 0.25) is 5.88 Å². The van der Waals surface area contributed by atoms with Gasteiger partial charge in [0.1, 0.15) is 0 Å². The van der Waals surface area contributed by atoms with E-state index < -0.39 is 6.61 Å². The van der Waals surface area contributed by atoms with E-state index in [2.05, 4.69) is 14.7 Å². The average Bonchev–Trinajstić information content (AvgIpc) is 2.58. The number of aromatic amines is 1. The second-order valence-electron chi connectivity index (χ2n) is 2.89. The van der Waals surface area contributed by atoms with E-state index in [1.807, 2.05) is 6.92 Å². The fourth-order valence-electron chi connectivity index (χ4n) is 1.34. The van der Waals surface area contributed by atoms with Crippen LogP contribution in [0.15, 0.2) is 18.5 Å². The third-order valence-electron chi connectivity index (χ3n) is 1.95. The molecule has 2 aromatic rings. The first-order valence-electron chi connectivity index (χ1n) is 4.06. The lowest BCUT2D eigenvalue weighted by Gasteiger charge is -2.05. The number of aryl methyl sites for hydroxylation is 1. The summed E-state index contributed by atoms with van der Waals surface area (Å²) in [6.45, 7) is -0.999. The van der Waals surface area contributed by atoms with Crippen LogP contribution in [0.5, 0.6) is 5.88 Å². The van der Waals surface area contributed by atoms with Crippen LogP contribution in [0.2, 0.25) is 0 Å². The Balaban J connectivity index is 2.55. The van der Waals surface area contributed by atoms with Crippen molar-refractivity contribution < 1.29 is 13.5 Å². The number of halogens is 2.